The standard InChI is InChI=1S/C25H25F3N6O4/c26-25(27,28)16-4-1-3-15(9-16)22-30-11-20-23(32-22)34(17-5-2-8-33(20)12-17)24(37)31-21-7-6-19(10-29-21)38-14-18(36)13-35/h1,3-4,6-7,9-11,17-18,35-36H,2,5,8,12-14H2,(H,29,31,37)/t17-,18-/m0/s1. The number of rotatable bonds is 6. The Kier molecular flexibility index (Phi) is 7.04. The molecular weight excluding hydrogens is 505 g/mol. The summed E-state index contributed by atoms with van der Waals surface area (Å²) in [5.41, 5.74) is 0.0131. The number of benzene rings is 1. The van der Waals surface area contributed by atoms with E-state index in [1.54, 1.807) is 12.3 Å². The minimum Gasteiger partial charge on any atom is -0.489 e. The van der Waals surface area contributed by atoms with Crippen molar-refractivity contribution in [2.45, 2.75) is 31.2 Å². The second-order valence-corrected chi connectivity index (χ2v) is 9.05. The first-order valence-electron chi connectivity index (χ1n) is 12.0. The molecule has 13 heteroatoms. The molecule has 3 aromatic rings. The highest BCUT2D eigenvalue weighted by Gasteiger charge is 2.39. The minimum absolute atomic E-state index is 0.0820. The maximum absolute atomic E-state index is 13.5. The van der Waals surface area contributed by atoms with Gasteiger partial charge in [0.1, 0.15) is 24.3 Å². The molecular formula is C25H25F3N6O4. The molecule has 200 valence electrons. The van der Waals surface area contributed by atoms with Crippen LogP contribution >= 0.6 is 0 Å². The number of hydrogen-bond donors (Lipinski definition) is 3. The number of pyridine rings is 1. The van der Waals surface area contributed by atoms with Crippen molar-refractivity contribution in [1.29, 1.82) is 0 Å². The predicted molar refractivity (Wildman–Crippen MR) is 132 cm³/mol. The number of ether oxygens (including phenoxy) is 1. The second kappa shape index (κ2) is 10.4. The summed E-state index contributed by atoms with van der Waals surface area (Å²) in [6.45, 7) is 0.802. The van der Waals surface area contributed by atoms with Gasteiger partial charge >= 0.3 is 12.2 Å². The number of fused-ring (bicyclic) bond motifs is 4. The second-order valence-electron chi connectivity index (χ2n) is 9.05. The molecule has 2 amide bonds. The third kappa shape index (κ3) is 5.34. The Balaban J connectivity index is 1.41. The van der Waals surface area contributed by atoms with Crippen LogP contribution in [0.2, 0.25) is 0 Å². The number of aliphatic hydroxyl groups excluding tert-OH is 2. The molecule has 10 nitrogen and oxygen atoms in total. The zero-order valence-electron chi connectivity index (χ0n) is 20.1. The van der Waals surface area contributed by atoms with Gasteiger partial charge in [-0.25, -0.2) is 19.7 Å². The van der Waals surface area contributed by atoms with Crippen LogP contribution in [0.4, 0.5) is 35.3 Å². The summed E-state index contributed by atoms with van der Waals surface area (Å²) >= 11 is 0. The number of anilines is 3. The van der Waals surface area contributed by atoms with E-state index in [1.807, 2.05) is 0 Å². The fraction of sp³-hybridized carbons (Fsp3) is 0.360. The van der Waals surface area contributed by atoms with Crippen molar-refractivity contribution in [2.24, 2.45) is 0 Å². The number of amides is 2. The van der Waals surface area contributed by atoms with Gasteiger partial charge in [-0.15, -0.1) is 0 Å². The van der Waals surface area contributed by atoms with Crippen LogP contribution in [-0.4, -0.2) is 69.6 Å². The number of carbonyl (C=O) groups excluding carboxylic acids is 1. The molecule has 3 N–H and O–H groups in total. The van der Waals surface area contributed by atoms with Crippen LogP contribution in [0, 0.1) is 0 Å². The fourth-order valence-corrected chi connectivity index (χ4v) is 4.51. The highest BCUT2D eigenvalue weighted by molar-refractivity contribution is 6.04. The Morgan fingerprint density at radius 1 is 1.21 bits per heavy atom. The van der Waals surface area contributed by atoms with Crippen molar-refractivity contribution in [3.63, 3.8) is 0 Å². The Morgan fingerprint density at radius 3 is 2.79 bits per heavy atom. The lowest BCUT2D eigenvalue weighted by molar-refractivity contribution is -0.137. The van der Waals surface area contributed by atoms with Gasteiger partial charge in [0, 0.05) is 18.7 Å². The topological polar surface area (TPSA) is 124 Å². The van der Waals surface area contributed by atoms with Crippen molar-refractivity contribution in [2.75, 3.05) is 41.4 Å². The molecule has 5 rings (SSSR count). The van der Waals surface area contributed by atoms with E-state index in [-0.39, 0.29) is 29.9 Å². The van der Waals surface area contributed by atoms with Gasteiger partial charge in [0.05, 0.1) is 36.3 Å². The Morgan fingerprint density at radius 2 is 2.05 bits per heavy atom. The summed E-state index contributed by atoms with van der Waals surface area (Å²) < 4.78 is 45.1. The van der Waals surface area contributed by atoms with Crippen molar-refractivity contribution in [1.82, 2.24) is 15.0 Å². The molecule has 4 heterocycles. The molecule has 38 heavy (non-hydrogen) atoms. The van der Waals surface area contributed by atoms with E-state index in [1.165, 1.54) is 29.3 Å². The summed E-state index contributed by atoms with van der Waals surface area (Å²) in [7, 11) is 0. The molecule has 0 aliphatic carbocycles. The lowest BCUT2D eigenvalue weighted by atomic mass is 10.0. The van der Waals surface area contributed by atoms with Crippen molar-refractivity contribution in [3.8, 4) is 17.1 Å². The molecule has 2 aromatic heterocycles. The highest BCUT2D eigenvalue weighted by Crippen LogP contribution is 2.39. The maximum atomic E-state index is 13.5. The van der Waals surface area contributed by atoms with E-state index in [4.69, 9.17) is 9.84 Å². The summed E-state index contributed by atoms with van der Waals surface area (Å²) in [6.07, 6.45) is -1.02. The van der Waals surface area contributed by atoms with E-state index in [0.717, 1.165) is 31.5 Å². The van der Waals surface area contributed by atoms with Gasteiger partial charge in [-0.05, 0) is 37.1 Å². The highest BCUT2D eigenvalue weighted by atomic mass is 19.4. The summed E-state index contributed by atoms with van der Waals surface area (Å²) in [4.78, 5) is 30.1. The van der Waals surface area contributed by atoms with Crippen molar-refractivity contribution >= 4 is 23.4 Å². The lowest BCUT2D eigenvalue weighted by Gasteiger charge is -2.45. The number of alkyl halides is 3. The maximum Gasteiger partial charge on any atom is 0.416 e. The van der Waals surface area contributed by atoms with E-state index >= 15 is 0 Å². The van der Waals surface area contributed by atoms with Gasteiger partial charge in [-0.2, -0.15) is 13.2 Å². The average Bonchev–Trinajstić information content (AvgIpc) is 2.92. The smallest absolute Gasteiger partial charge is 0.416 e. The van der Waals surface area contributed by atoms with Crippen LogP contribution in [-0.2, 0) is 6.18 Å². The van der Waals surface area contributed by atoms with Crippen LogP contribution in [0.5, 0.6) is 5.75 Å². The summed E-state index contributed by atoms with van der Waals surface area (Å²) in [5.74, 6) is 0.995. The molecule has 0 spiro atoms. The zero-order valence-corrected chi connectivity index (χ0v) is 20.1. The summed E-state index contributed by atoms with van der Waals surface area (Å²) in [6, 6.07) is 7.19. The Labute approximate surface area is 215 Å². The monoisotopic (exact) mass is 530 g/mol. The van der Waals surface area contributed by atoms with Crippen LogP contribution in [0.1, 0.15) is 18.4 Å². The van der Waals surface area contributed by atoms with Crippen LogP contribution in [0.25, 0.3) is 11.4 Å². The number of nitrogens with zero attached hydrogens (tertiary/aromatic N) is 5. The first-order valence-corrected chi connectivity index (χ1v) is 12.0. The third-order valence-electron chi connectivity index (χ3n) is 6.37. The third-order valence-corrected chi connectivity index (χ3v) is 6.37. The molecule has 2 atom stereocenters. The van der Waals surface area contributed by atoms with E-state index < -0.39 is 30.5 Å². The molecule has 0 radical (unpaired) electrons. The lowest BCUT2D eigenvalue weighted by Crippen LogP contribution is -2.56. The van der Waals surface area contributed by atoms with Gasteiger partial charge < -0.3 is 19.8 Å². The predicted octanol–water partition coefficient (Wildman–Crippen LogP) is 3.31. The van der Waals surface area contributed by atoms with Crippen molar-refractivity contribution in [3.05, 3.63) is 54.4 Å². The molecule has 0 unspecified atom stereocenters. The number of hydrogen-bond acceptors (Lipinski definition) is 8. The number of halogens is 3. The number of nitrogens with one attached hydrogen (secondary N) is 1. The minimum atomic E-state index is -4.51. The number of aromatic nitrogens is 3. The Bertz CT molecular complexity index is 1310. The van der Waals surface area contributed by atoms with Crippen LogP contribution < -0.4 is 19.9 Å². The Hall–Kier alpha value is -3.97. The van der Waals surface area contributed by atoms with E-state index in [2.05, 4.69) is 25.2 Å². The zero-order chi connectivity index (χ0) is 26.9. The molecule has 1 fully saturated rings. The normalized spacial score (nSPS) is 17.6. The van der Waals surface area contributed by atoms with Crippen LogP contribution in [0.15, 0.2) is 48.8 Å². The molecule has 1 aromatic carbocycles. The molecule has 2 bridgehead atoms. The van der Waals surface area contributed by atoms with Gasteiger partial charge in [-0.3, -0.25) is 10.2 Å². The van der Waals surface area contributed by atoms with Gasteiger partial charge in [-0.1, -0.05) is 12.1 Å². The van der Waals surface area contributed by atoms with Gasteiger partial charge in [0.2, 0.25) is 0 Å². The number of carbonyl (C=O) groups is 1. The first-order chi connectivity index (χ1) is 18.2. The van der Waals surface area contributed by atoms with Gasteiger partial charge in [0.15, 0.2) is 11.6 Å². The first kappa shape index (κ1) is 25.7. The largest absolute Gasteiger partial charge is 0.489 e. The van der Waals surface area contributed by atoms with Gasteiger partial charge in [0.25, 0.3) is 0 Å². The average molecular weight is 531 g/mol. The molecule has 0 saturated carbocycles. The molecule has 2 aliphatic heterocycles. The SMILES string of the molecule is O=C(Nc1ccc(OC[C@@H](O)CO)cn1)N1c2nc(-c3cccc(C(F)(F)F)c3)ncc2N2CCC[C@H]1C2. The molecule has 1 saturated heterocycles. The van der Waals surface area contributed by atoms with E-state index in [9.17, 15) is 23.1 Å². The number of aliphatic hydroxyl groups is 2. The quantitative estimate of drug-likeness (QED) is 0.444. The number of piperidine rings is 1. The van der Waals surface area contributed by atoms with Crippen LogP contribution in [0.3, 0.4) is 0 Å². The molecule has 2 aliphatic rings. The number of urea groups is 1. The fourth-order valence-electron chi connectivity index (χ4n) is 4.51. The van der Waals surface area contributed by atoms with Crippen molar-refractivity contribution < 1.29 is 32.9 Å². The van der Waals surface area contributed by atoms with E-state index in [0.29, 0.717) is 23.8 Å². The summed E-state index contributed by atoms with van der Waals surface area (Å²) in [5, 5.41) is 21.0.